The Hall–Kier alpha value is -1.40. The summed E-state index contributed by atoms with van der Waals surface area (Å²) in [5.74, 6) is -1.42. The third kappa shape index (κ3) is 3.82. The van der Waals surface area contributed by atoms with Gasteiger partial charge in [0.15, 0.2) is 5.82 Å². The molecule has 0 aliphatic carbocycles. The van der Waals surface area contributed by atoms with Gasteiger partial charge in [-0.1, -0.05) is 0 Å². The quantitative estimate of drug-likeness (QED) is 0.757. The van der Waals surface area contributed by atoms with Gasteiger partial charge in [-0.3, -0.25) is 0 Å². The third-order valence-electron chi connectivity index (χ3n) is 2.54. The van der Waals surface area contributed by atoms with Gasteiger partial charge in [0.25, 0.3) is 0 Å². The smallest absolute Gasteiger partial charge is 0.151 e. The van der Waals surface area contributed by atoms with Crippen molar-refractivity contribution < 1.29 is 18.3 Å². The molecule has 1 rings (SSSR count). The minimum atomic E-state index is -0.759. The minimum absolute atomic E-state index is 0.0661. The molecule has 0 saturated heterocycles. The van der Waals surface area contributed by atoms with Crippen molar-refractivity contribution in [3.8, 4) is 0 Å². The van der Waals surface area contributed by atoms with E-state index in [9.17, 15) is 8.78 Å². The summed E-state index contributed by atoms with van der Waals surface area (Å²) < 4.78 is 36.5. The van der Waals surface area contributed by atoms with E-state index in [2.05, 4.69) is 0 Å². The molecule has 0 spiro atoms. The van der Waals surface area contributed by atoms with Crippen LogP contribution in [0.3, 0.4) is 0 Å². The van der Waals surface area contributed by atoms with E-state index in [0.717, 1.165) is 6.07 Å². The summed E-state index contributed by atoms with van der Waals surface area (Å²) in [6.07, 6.45) is 0. The molecule has 0 radical (unpaired) electrons. The first-order valence-electron chi connectivity index (χ1n) is 5.57. The summed E-state index contributed by atoms with van der Waals surface area (Å²) in [6, 6.07) is 1.98. The first-order chi connectivity index (χ1) is 8.60. The number of methoxy groups -OCH3 is 2. The van der Waals surface area contributed by atoms with E-state index >= 15 is 0 Å². The normalized spacial score (nSPS) is 10.7. The average Bonchev–Trinajstić information content (AvgIpc) is 2.34. The van der Waals surface area contributed by atoms with Crippen molar-refractivity contribution in [3.63, 3.8) is 0 Å². The number of halogens is 2. The topological polar surface area (TPSA) is 47.7 Å². The van der Waals surface area contributed by atoms with E-state index in [-0.39, 0.29) is 5.69 Å². The van der Waals surface area contributed by atoms with Crippen molar-refractivity contribution in [2.75, 3.05) is 51.2 Å². The Morgan fingerprint density at radius 1 is 1.11 bits per heavy atom. The molecule has 6 heteroatoms. The van der Waals surface area contributed by atoms with Crippen molar-refractivity contribution >= 4 is 11.4 Å². The molecule has 0 aliphatic rings. The van der Waals surface area contributed by atoms with Crippen LogP contribution in [0.15, 0.2) is 12.1 Å². The summed E-state index contributed by atoms with van der Waals surface area (Å²) >= 11 is 0. The first kappa shape index (κ1) is 14.7. The maximum Gasteiger partial charge on any atom is 0.151 e. The fourth-order valence-electron chi connectivity index (χ4n) is 1.59. The van der Waals surface area contributed by atoms with Crippen LogP contribution in [-0.2, 0) is 9.47 Å². The number of rotatable bonds is 7. The second-order valence-electron chi connectivity index (χ2n) is 3.79. The third-order valence-corrected chi connectivity index (χ3v) is 2.54. The van der Waals surface area contributed by atoms with Crippen LogP contribution in [0.2, 0.25) is 0 Å². The highest BCUT2D eigenvalue weighted by Gasteiger charge is 2.14. The highest BCUT2D eigenvalue weighted by molar-refractivity contribution is 5.68. The molecule has 0 unspecified atom stereocenters. The molecule has 0 bridgehead atoms. The van der Waals surface area contributed by atoms with Gasteiger partial charge in [-0.15, -0.1) is 0 Å². The number of hydrogen-bond donors (Lipinski definition) is 1. The lowest BCUT2D eigenvalue weighted by molar-refractivity contribution is 0.190. The maximum absolute atomic E-state index is 13.4. The maximum atomic E-state index is 13.4. The monoisotopic (exact) mass is 260 g/mol. The second-order valence-corrected chi connectivity index (χ2v) is 3.79. The number of nitrogens with zero attached hydrogens (tertiary/aromatic N) is 1. The SMILES string of the molecule is COCCN(CCOC)c1cc(F)cc(F)c1N. The average molecular weight is 260 g/mol. The van der Waals surface area contributed by atoms with Gasteiger partial charge < -0.3 is 20.1 Å². The van der Waals surface area contributed by atoms with Gasteiger partial charge in [-0.25, -0.2) is 8.78 Å². The van der Waals surface area contributed by atoms with E-state index in [1.165, 1.54) is 6.07 Å². The molecular weight excluding hydrogens is 242 g/mol. The molecule has 0 saturated carbocycles. The molecule has 102 valence electrons. The van der Waals surface area contributed by atoms with Crippen molar-refractivity contribution in [1.82, 2.24) is 0 Å². The van der Waals surface area contributed by atoms with Crippen LogP contribution >= 0.6 is 0 Å². The highest BCUT2D eigenvalue weighted by Crippen LogP contribution is 2.27. The largest absolute Gasteiger partial charge is 0.395 e. The Morgan fingerprint density at radius 2 is 1.67 bits per heavy atom. The zero-order valence-electron chi connectivity index (χ0n) is 10.6. The van der Waals surface area contributed by atoms with Crippen LogP contribution < -0.4 is 10.6 Å². The van der Waals surface area contributed by atoms with E-state index < -0.39 is 11.6 Å². The Kier molecular flexibility index (Phi) is 5.80. The zero-order valence-corrected chi connectivity index (χ0v) is 10.6. The summed E-state index contributed by atoms with van der Waals surface area (Å²) in [6.45, 7) is 1.82. The Balaban J connectivity index is 2.95. The number of nitrogen functional groups attached to an aromatic ring is 1. The van der Waals surface area contributed by atoms with Gasteiger partial charge in [0.1, 0.15) is 5.82 Å². The number of benzene rings is 1. The Bertz CT molecular complexity index is 381. The molecule has 4 nitrogen and oxygen atoms in total. The van der Waals surface area contributed by atoms with E-state index in [4.69, 9.17) is 15.2 Å². The Labute approximate surface area is 105 Å². The fraction of sp³-hybridized carbons (Fsp3) is 0.500. The molecule has 0 atom stereocenters. The van der Waals surface area contributed by atoms with E-state index in [1.54, 1.807) is 19.1 Å². The van der Waals surface area contributed by atoms with E-state index in [0.29, 0.717) is 32.0 Å². The number of anilines is 2. The second kappa shape index (κ2) is 7.13. The van der Waals surface area contributed by atoms with E-state index in [1.807, 2.05) is 0 Å². The Morgan fingerprint density at radius 3 is 2.17 bits per heavy atom. The molecule has 0 aliphatic heterocycles. The predicted octanol–water partition coefficient (Wildman–Crippen LogP) is 1.65. The fourth-order valence-corrected chi connectivity index (χ4v) is 1.59. The van der Waals surface area contributed by atoms with Gasteiger partial charge in [0.05, 0.1) is 24.6 Å². The van der Waals surface area contributed by atoms with Crippen LogP contribution in [0.1, 0.15) is 0 Å². The van der Waals surface area contributed by atoms with Crippen LogP contribution in [-0.4, -0.2) is 40.5 Å². The zero-order chi connectivity index (χ0) is 13.5. The van der Waals surface area contributed by atoms with Crippen molar-refractivity contribution in [3.05, 3.63) is 23.8 Å². The summed E-state index contributed by atoms with van der Waals surface area (Å²) in [5.41, 5.74) is 5.89. The van der Waals surface area contributed by atoms with Crippen molar-refractivity contribution in [1.29, 1.82) is 0 Å². The van der Waals surface area contributed by atoms with Crippen LogP contribution in [0.4, 0.5) is 20.2 Å². The molecule has 1 aromatic carbocycles. The van der Waals surface area contributed by atoms with Gasteiger partial charge in [0.2, 0.25) is 0 Å². The van der Waals surface area contributed by atoms with Gasteiger partial charge in [0, 0.05) is 33.4 Å². The van der Waals surface area contributed by atoms with Crippen molar-refractivity contribution in [2.45, 2.75) is 0 Å². The lowest BCUT2D eigenvalue weighted by Crippen LogP contribution is -2.31. The first-order valence-corrected chi connectivity index (χ1v) is 5.57. The minimum Gasteiger partial charge on any atom is -0.395 e. The van der Waals surface area contributed by atoms with Crippen molar-refractivity contribution in [2.24, 2.45) is 0 Å². The van der Waals surface area contributed by atoms with Gasteiger partial charge in [-0.05, 0) is 6.07 Å². The molecule has 18 heavy (non-hydrogen) atoms. The molecule has 0 aromatic heterocycles. The molecule has 0 heterocycles. The lowest BCUT2D eigenvalue weighted by atomic mass is 10.2. The lowest BCUT2D eigenvalue weighted by Gasteiger charge is -2.25. The molecule has 1 aromatic rings. The number of hydrogen-bond acceptors (Lipinski definition) is 4. The van der Waals surface area contributed by atoms with Gasteiger partial charge in [-0.2, -0.15) is 0 Å². The van der Waals surface area contributed by atoms with Gasteiger partial charge >= 0.3 is 0 Å². The number of nitrogens with two attached hydrogens (primary N) is 1. The predicted molar refractivity (Wildman–Crippen MR) is 66.7 cm³/mol. The summed E-state index contributed by atoms with van der Waals surface area (Å²) in [5, 5.41) is 0. The molecular formula is C12H18F2N2O2. The van der Waals surface area contributed by atoms with Crippen LogP contribution in [0.25, 0.3) is 0 Å². The molecule has 2 N–H and O–H groups in total. The summed E-state index contributed by atoms with van der Waals surface area (Å²) in [7, 11) is 3.12. The van der Waals surface area contributed by atoms with Crippen LogP contribution in [0.5, 0.6) is 0 Å². The summed E-state index contributed by atoms with van der Waals surface area (Å²) in [4.78, 5) is 1.73. The standard InChI is InChI=1S/C12H18F2N2O2/c1-17-5-3-16(4-6-18-2)11-8-9(13)7-10(14)12(11)15/h7-8H,3-6,15H2,1-2H3. The van der Waals surface area contributed by atoms with Crippen LogP contribution in [0, 0.1) is 11.6 Å². The number of ether oxygens (including phenoxy) is 2. The molecule has 0 fully saturated rings. The molecule has 0 amide bonds. The highest BCUT2D eigenvalue weighted by atomic mass is 19.1.